The van der Waals surface area contributed by atoms with Gasteiger partial charge in [0.25, 0.3) is 5.89 Å². The highest BCUT2D eigenvalue weighted by atomic mass is 32.2. The molecule has 0 bridgehead atoms. The number of nitrogens with zero attached hydrogens (tertiary/aromatic N) is 4. The van der Waals surface area contributed by atoms with Crippen LogP contribution in [0.4, 0.5) is 0 Å². The standard InChI is InChI=1S/C16H22N4O3S/c1-2-3-10-24(21,22)20-9-5-7-14(20)11-15-18-16(23-19-15)13-6-4-8-17-12-13/h4,6,8,12,14H,2-3,5,7,9-11H2,1H3. The van der Waals surface area contributed by atoms with Crippen molar-refractivity contribution in [3.63, 3.8) is 0 Å². The highest BCUT2D eigenvalue weighted by Crippen LogP contribution is 2.25. The van der Waals surface area contributed by atoms with Crippen LogP contribution in [0.3, 0.4) is 0 Å². The number of unbranched alkanes of at least 4 members (excludes halogenated alkanes) is 1. The minimum absolute atomic E-state index is 0.0776. The second-order valence-corrected chi connectivity index (χ2v) is 8.08. The van der Waals surface area contributed by atoms with Crippen molar-refractivity contribution in [1.29, 1.82) is 0 Å². The molecule has 0 aliphatic carbocycles. The monoisotopic (exact) mass is 350 g/mol. The zero-order valence-corrected chi connectivity index (χ0v) is 14.6. The van der Waals surface area contributed by atoms with Crippen LogP contribution in [0.15, 0.2) is 29.0 Å². The van der Waals surface area contributed by atoms with Gasteiger partial charge in [-0.3, -0.25) is 4.98 Å². The van der Waals surface area contributed by atoms with Crippen LogP contribution in [0.2, 0.25) is 0 Å². The zero-order valence-electron chi connectivity index (χ0n) is 13.8. The Hall–Kier alpha value is -1.80. The summed E-state index contributed by atoms with van der Waals surface area (Å²) in [6, 6.07) is 3.57. The fourth-order valence-electron chi connectivity index (χ4n) is 2.98. The van der Waals surface area contributed by atoms with Crippen LogP contribution in [0.25, 0.3) is 11.5 Å². The van der Waals surface area contributed by atoms with Crippen LogP contribution in [0, 0.1) is 0 Å². The van der Waals surface area contributed by atoms with E-state index in [1.54, 1.807) is 22.8 Å². The molecule has 1 atom stereocenters. The van der Waals surface area contributed by atoms with Gasteiger partial charge in [0.1, 0.15) is 0 Å². The second-order valence-electron chi connectivity index (χ2n) is 6.04. The van der Waals surface area contributed by atoms with Crippen molar-refractivity contribution < 1.29 is 12.9 Å². The van der Waals surface area contributed by atoms with E-state index in [1.165, 1.54) is 0 Å². The molecular formula is C16H22N4O3S. The molecule has 0 aromatic carbocycles. The topological polar surface area (TPSA) is 89.2 Å². The van der Waals surface area contributed by atoms with E-state index in [9.17, 15) is 8.42 Å². The number of pyridine rings is 1. The van der Waals surface area contributed by atoms with E-state index >= 15 is 0 Å². The van der Waals surface area contributed by atoms with Gasteiger partial charge in [-0.05, 0) is 31.4 Å². The summed E-state index contributed by atoms with van der Waals surface area (Å²) in [4.78, 5) is 8.41. The quantitative estimate of drug-likeness (QED) is 0.761. The lowest BCUT2D eigenvalue weighted by molar-refractivity contribution is 0.369. The Morgan fingerprint density at radius 3 is 3.04 bits per heavy atom. The van der Waals surface area contributed by atoms with Crippen molar-refractivity contribution in [3.05, 3.63) is 30.4 Å². The first kappa shape index (κ1) is 17.0. The van der Waals surface area contributed by atoms with Crippen molar-refractivity contribution in [2.24, 2.45) is 0 Å². The van der Waals surface area contributed by atoms with Crippen LogP contribution in [-0.2, 0) is 16.4 Å². The van der Waals surface area contributed by atoms with Crippen LogP contribution < -0.4 is 0 Å². The molecule has 2 aromatic heterocycles. The molecule has 0 radical (unpaired) electrons. The normalized spacial score (nSPS) is 19.0. The molecule has 2 aromatic rings. The Morgan fingerprint density at radius 1 is 1.42 bits per heavy atom. The van der Waals surface area contributed by atoms with Gasteiger partial charge in [0.05, 0.1) is 11.3 Å². The molecule has 0 amide bonds. The van der Waals surface area contributed by atoms with Gasteiger partial charge in [0.15, 0.2) is 5.82 Å². The van der Waals surface area contributed by atoms with Gasteiger partial charge in [-0.2, -0.15) is 9.29 Å². The molecule has 130 valence electrons. The minimum Gasteiger partial charge on any atom is -0.334 e. The molecule has 8 heteroatoms. The van der Waals surface area contributed by atoms with Gasteiger partial charge in [-0.25, -0.2) is 8.42 Å². The summed E-state index contributed by atoms with van der Waals surface area (Å²) in [5, 5.41) is 4.00. The Labute approximate surface area is 142 Å². The number of rotatable bonds is 7. The Bertz CT molecular complexity index is 761. The first-order valence-electron chi connectivity index (χ1n) is 8.32. The summed E-state index contributed by atoms with van der Waals surface area (Å²) >= 11 is 0. The maximum atomic E-state index is 12.5. The summed E-state index contributed by atoms with van der Waals surface area (Å²) in [7, 11) is -3.20. The van der Waals surface area contributed by atoms with Crippen LogP contribution >= 0.6 is 0 Å². The maximum Gasteiger partial charge on any atom is 0.259 e. The summed E-state index contributed by atoms with van der Waals surface area (Å²) in [6.07, 6.45) is 7.10. The average Bonchev–Trinajstić information content (AvgIpc) is 3.24. The summed E-state index contributed by atoms with van der Waals surface area (Å²) in [6.45, 7) is 2.58. The fourth-order valence-corrected chi connectivity index (χ4v) is 4.91. The first-order valence-corrected chi connectivity index (χ1v) is 9.93. The van der Waals surface area contributed by atoms with Crippen LogP contribution in [0.5, 0.6) is 0 Å². The molecule has 1 aliphatic rings. The Kier molecular flexibility index (Phi) is 5.25. The Balaban J connectivity index is 1.70. The second kappa shape index (κ2) is 7.40. The third-order valence-corrected chi connectivity index (χ3v) is 6.23. The van der Waals surface area contributed by atoms with E-state index < -0.39 is 10.0 Å². The number of aromatic nitrogens is 3. The molecule has 0 spiro atoms. The maximum absolute atomic E-state index is 12.5. The molecule has 1 fully saturated rings. The Morgan fingerprint density at radius 2 is 2.29 bits per heavy atom. The largest absolute Gasteiger partial charge is 0.334 e. The molecular weight excluding hydrogens is 328 g/mol. The summed E-state index contributed by atoms with van der Waals surface area (Å²) in [5.41, 5.74) is 0.759. The molecule has 0 saturated carbocycles. The minimum atomic E-state index is -3.20. The van der Waals surface area contributed by atoms with E-state index in [2.05, 4.69) is 15.1 Å². The number of sulfonamides is 1. The van der Waals surface area contributed by atoms with E-state index in [0.29, 0.717) is 31.1 Å². The van der Waals surface area contributed by atoms with E-state index in [1.807, 2.05) is 13.0 Å². The zero-order chi connectivity index (χ0) is 17.0. The van der Waals surface area contributed by atoms with Crippen molar-refractivity contribution in [2.45, 2.75) is 45.1 Å². The smallest absolute Gasteiger partial charge is 0.259 e. The lowest BCUT2D eigenvalue weighted by Crippen LogP contribution is -2.38. The van der Waals surface area contributed by atoms with Crippen molar-refractivity contribution >= 4 is 10.0 Å². The molecule has 24 heavy (non-hydrogen) atoms. The third kappa shape index (κ3) is 3.81. The molecule has 1 aliphatic heterocycles. The van der Waals surface area contributed by atoms with Crippen molar-refractivity contribution in [1.82, 2.24) is 19.4 Å². The van der Waals surface area contributed by atoms with Crippen molar-refractivity contribution in [2.75, 3.05) is 12.3 Å². The van der Waals surface area contributed by atoms with E-state index in [0.717, 1.165) is 24.8 Å². The summed E-state index contributed by atoms with van der Waals surface area (Å²) in [5.74, 6) is 1.17. The van der Waals surface area contributed by atoms with Crippen molar-refractivity contribution in [3.8, 4) is 11.5 Å². The summed E-state index contributed by atoms with van der Waals surface area (Å²) < 4.78 is 31.9. The SMILES string of the molecule is CCCCS(=O)(=O)N1CCCC1Cc1noc(-c2cccnc2)n1. The number of hydrogen-bond acceptors (Lipinski definition) is 6. The van der Waals surface area contributed by atoms with E-state index in [4.69, 9.17) is 4.52 Å². The number of hydrogen-bond donors (Lipinski definition) is 0. The van der Waals surface area contributed by atoms with Crippen LogP contribution in [0.1, 0.15) is 38.4 Å². The van der Waals surface area contributed by atoms with Gasteiger partial charge in [0.2, 0.25) is 10.0 Å². The van der Waals surface area contributed by atoms with Gasteiger partial charge < -0.3 is 4.52 Å². The lowest BCUT2D eigenvalue weighted by Gasteiger charge is -2.23. The molecule has 1 unspecified atom stereocenters. The third-order valence-electron chi connectivity index (χ3n) is 4.23. The predicted molar refractivity (Wildman–Crippen MR) is 89.7 cm³/mol. The van der Waals surface area contributed by atoms with Gasteiger partial charge >= 0.3 is 0 Å². The van der Waals surface area contributed by atoms with Crippen LogP contribution in [-0.4, -0.2) is 46.2 Å². The molecule has 3 heterocycles. The van der Waals surface area contributed by atoms with Gasteiger partial charge in [0, 0.05) is 31.4 Å². The highest BCUT2D eigenvalue weighted by molar-refractivity contribution is 7.89. The molecule has 7 nitrogen and oxygen atoms in total. The van der Waals surface area contributed by atoms with Gasteiger partial charge in [-0.15, -0.1) is 0 Å². The fraction of sp³-hybridized carbons (Fsp3) is 0.562. The molecule has 1 saturated heterocycles. The predicted octanol–water partition coefficient (Wildman–Crippen LogP) is 2.27. The average molecular weight is 350 g/mol. The highest BCUT2D eigenvalue weighted by Gasteiger charge is 2.34. The van der Waals surface area contributed by atoms with Gasteiger partial charge in [-0.1, -0.05) is 18.5 Å². The van der Waals surface area contributed by atoms with E-state index in [-0.39, 0.29) is 11.8 Å². The first-order chi connectivity index (χ1) is 11.6. The molecule has 0 N–H and O–H groups in total. The molecule has 3 rings (SSSR count). The lowest BCUT2D eigenvalue weighted by atomic mass is 10.1.